The van der Waals surface area contributed by atoms with Crippen LogP contribution >= 0.6 is 28.1 Å². The van der Waals surface area contributed by atoms with Crippen molar-refractivity contribution in [1.29, 1.82) is 0 Å². The number of halogens is 2. The summed E-state index contributed by atoms with van der Waals surface area (Å²) in [7, 11) is 0. The molecule has 0 saturated heterocycles. The maximum atomic E-state index is 12.9. The SMILES string of the molecule is O=C(Oc1ccc(C=NNC(=S)Nc2ccc(F)cc2)cc1)c1cccc(Br)c1. The Kier molecular flexibility index (Phi) is 7.04. The lowest BCUT2D eigenvalue weighted by Crippen LogP contribution is -2.23. The zero-order valence-electron chi connectivity index (χ0n) is 14.9. The minimum absolute atomic E-state index is 0.271. The molecule has 3 rings (SSSR count). The van der Waals surface area contributed by atoms with Crippen LogP contribution in [0.5, 0.6) is 5.75 Å². The van der Waals surface area contributed by atoms with Crippen LogP contribution < -0.4 is 15.5 Å². The van der Waals surface area contributed by atoms with Gasteiger partial charge in [-0.3, -0.25) is 5.43 Å². The van der Waals surface area contributed by atoms with E-state index in [4.69, 9.17) is 17.0 Å². The van der Waals surface area contributed by atoms with Crippen molar-refractivity contribution in [2.24, 2.45) is 5.10 Å². The summed E-state index contributed by atoms with van der Waals surface area (Å²) in [6.45, 7) is 0. The Morgan fingerprint density at radius 1 is 1.07 bits per heavy atom. The van der Waals surface area contributed by atoms with Gasteiger partial charge in [0.2, 0.25) is 0 Å². The van der Waals surface area contributed by atoms with Gasteiger partial charge in [0.15, 0.2) is 5.11 Å². The molecule has 0 aliphatic heterocycles. The number of benzene rings is 3. The number of nitrogens with one attached hydrogen (secondary N) is 2. The molecule has 0 radical (unpaired) electrons. The first kappa shape index (κ1) is 20.6. The molecular weight excluding hydrogens is 457 g/mol. The van der Waals surface area contributed by atoms with Crippen LogP contribution in [-0.4, -0.2) is 17.3 Å². The summed E-state index contributed by atoms with van der Waals surface area (Å²) < 4.78 is 19.0. The van der Waals surface area contributed by atoms with E-state index in [0.717, 1.165) is 10.0 Å². The van der Waals surface area contributed by atoms with Gasteiger partial charge < -0.3 is 10.1 Å². The van der Waals surface area contributed by atoms with E-state index < -0.39 is 5.97 Å². The third kappa shape index (κ3) is 6.48. The van der Waals surface area contributed by atoms with Gasteiger partial charge in [0.05, 0.1) is 11.8 Å². The highest BCUT2D eigenvalue weighted by Gasteiger charge is 2.08. The van der Waals surface area contributed by atoms with E-state index in [9.17, 15) is 9.18 Å². The van der Waals surface area contributed by atoms with Gasteiger partial charge in [-0.2, -0.15) is 5.10 Å². The molecule has 0 fully saturated rings. The van der Waals surface area contributed by atoms with Crippen molar-refractivity contribution < 1.29 is 13.9 Å². The third-order valence-corrected chi connectivity index (χ3v) is 4.32. The maximum Gasteiger partial charge on any atom is 0.343 e. The normalized spacial score (nSPS) is 10.6. The highest BCUT2D eigenvalue weighted by Crippen LogP contribution is 2.16. The summed E-state index contributed by atoms with van der Waals surface area (Å²) in [6, 6.07) is 19.6. The molecule has 2 N–H and O–H groups in total. The van der Waals surface area contributed by atoms with E-state index in [2.05, 4.69) is 31.8 Å². The summed E-state index contributed by atoms with van der Waals surface area (Å²) in [4.78, 5) is 12.1. The highest BCUT2D eigenvalue weighted by atomic mass is 79.9. The van der Waals surface area contributed by atoms with E-state index in [1.165, 1.54) is 12.1 Å². The molecular formula is C21H15BrFN3O2S. The molecule has 0 atom stereocenters. The predicted octanol–water partition coefficient (Wildman–Crippen LogP) is 5.13. The van der Waals surface area contributed by atoms with Crippen molar-refractivity contribution >= 4 is 51.1 Å². The van der Waals surface area contributed by atoms with Crippen molar-refractivity contribution in [3.63, 3.8) is 0 Å². The molecule has 0 aliphatic rings. The number of esters is 1. The number of nitrogens with zero attached hydrogens (tertiary/aromatic N) is 1. The van der Waals surface area contributed by atoms with E-state index >= 15 is 0 Å². The first-order valence-electron chi connectivity index (χ1n) is 8.43. The summed E-state index contributed by atoms with van der Waals surface area (Å²) in [5.41, 5.74) is 4.56. The van der Waals surface area contributed by atoms with Crippen LogP contribution in [0.25, 0.3) is 0 Å². The summed E-state index contributed by atoms with van der Waals surface area (Å²) in [6.07, 6.45) is 1.57. The Hall–Kier alpha value is -3.10. The summed E-state index contributed by atoms with van der Waals surface area (Å²) in [5.74, 6) is -0.335. The molecule has 0 unspecified atom stereocenters. The largest absolute Gasteiger partial charge is 0.423 e. The van der Waals surface area contributed by atoms with Crippen LogP contribution in [0.4, 0.5) is 10.1 Å². The van der Waals surface area contributed by atoms with Gasteiger partial charge >= 0.3 is 5.97 Å². The Morgan fingerprint density at radius 3 is 2.48 bits per heavy atom. The summed E-state index contributed by atoms with van der Waals surface area (Å²) in [5, 5.41) is 7.19. The number of rotatable bonds is 5. The number of ether oxygens (including phenoxy) is 1. The zero-order valence-corrected chi connectivity index (χ0v) is 17.3. The number of carbonyl (C=O) groups excluding carboxylic acids is 1. The Bertz CT molecular complexity index is 1040. The summed E-state index contributed by atoms with van der Waals surface area (Å²) >= 11 is 8.44. The van der Waals surface area contributed by atoms with E-state index in [-0.39, 0.29) is 10.9 Å². The van der Waals surface area contributed by atoms with Gasteiger partial charge in [-0.25, -0.2) is 9.18 Å². The molecule has 0 bridgehead atoms. The molecule has 5 nitrogen and oxygen atoms in total. The fourth-order valence-electron chi connectivity index (χ4n) is 2.26. The molecule has 0 amide bonds. The van der Waals surface area contributed by atoms with Crippen molar-refractivity contribution in [3.8, 4) is 5.75 Å². The van der Waals surface area contributed by atoms with Crippen LogP contribution in [-0.2, 0) is 0 Å². The Balaban J connectivity index is 1.51. The van der Waals surface area contributed by atoms with Crippen LogP contribution in [0.15, 0.2) is 82.4 Å². The number of thiocarbonyl (C=S) groups is 1. The lowest BCUT2D eigenvalue weighted by Gasteiger charge is -2.07. The molecule has 3 aromatic rings. The molecule has 0 heterocycles. The van der Waals surface area contributed by atoms with Crippen LogP contribution in [0.2, 0.25) is 0 Å². The second kappa shape index (κ2) is 9.90. The van der Waals surface area contributed by atoms with Gasteiger partial charge in [-0.05, 0) is 84.5 Å². The standard InChI is InChI=1S/C21H15BrFN3O2S/c22-16-3-1-2-15(12-16)20(27)28-19-10-4-14(5-11-19)13-24-26-21(29)25-18-8-6-17(23)7-9-18/h1-13H,(H2,25,26,29). The lowest BCUT2D eigenvalue weighted by molar-refractivity contribution is 0.0734. The number of anilines is 1. The third-order valence-electron chi connectivity index (χ3n) is 3.63. The molecule has 0 aromatic heterocycles. The molecule has 146 valence electrons. The molecule has 0 saturated carbocycles. The fourth-order valence-corrected chi connectivity index (χ4v) is 2.83. The quantitative estimate of drug-likeness (QED) is 0.177. The number of hydrogen-bond acceptors (Lipinski definition) is 4. The van der Waals surface area contributed by atoms with Crippen molar-refractivity contribution in [2.75, 3.05) is 5.32 Å². The Labute approximate surface area is 180 Å². The zero-order chi connectivity index (χ0) is 20.6. The van der Waals surface area contributed by atoms with Crippen molar-refractivity contribution in [2.45, 2.75) is 0 Å². The van der Waals surface area contributed by atoms with Gasteiger partial charge in [0.25, 0.3) is 0 Å². The van der Waals surface area contributed by atoms with Gasteiger partial charge in [0, 0.05) is 10.2 Å². The average molecular weight is 472 g/mol. The predicted molar refractivity (Wildman–Crippen MR) is 119 cm³/mol. The molecule has 3 aromatic carbocycles. The van der Waals surface area contributed by atoms with Crippen LogP contribution in [0.1, 0.15) is 15.9 Å². The highest BCUT2D eigenvalue weighted by molar-refractivity contribution is 9.10. The molecule has 8 heteroatoms. The smallest absolute Gasteiger partial charge is 0.343 e. The molecule has 0 aliphatic carbocycles. The van der Waals surface area contributed by atoms with Crippen molar-refractivity contribution in [1.82, 2.24) is 5.43 Å². The van der Waals surface area contributed by atoms with Gasteiger partial charge in [-0.1, -0.05) is 22.0 Å². The topological polar surface area (TPSA) is 62.7 Å². The van der Waals surface area contributed by atoms with Crippen molar-refractivity contribution in [3.05, 3.63) is 94.2 Å². The maximum absolute atomic E-state index is 12.9. The minimum atomic E-state index is -0.438. The average Bonchev–Trinajstić information content (AvgIpc) is 2.71. The van der Waals surface area contributed by atoms with E-state index in [0.29, 0.717) is 17.0 Å². The van der Waals surface area contributed by atoms with Gasteiger partial charge in [-0.15, -0.1) is 0 Å². The fraction of sp³-hybridized carbons (Fsp3) is 0. The number of hydrogen-bond donors (Lipinski definition) is 2. The molecule has 0 spiro atoms. The van der Waals surface area contributed by atoms with E-state index in [1.807, 2.05) is 6.07 Å². The lowest BCUT2D eigenvalue weighted by atomic mass is 10.2. The monoisotopic (exact) mass is 471 g/mol. The minimum Gasteiger partial charge on any atom is -0.423 e. The number of carbonyl (C=O) groups is 1. The first-order chi connectivity index (χ1) is 14.0. The first-order valence-corrected chi connectivity index (χ1v) is 9.63. The second-order valence-electron chi connectivity index (χ2n) is 5.80. The van der Waals surface area contributed by atoms with Crippen LogP contribution in [0.3, 0.4) is 0 Å². The van der Waals surface area contributed by atoms with Gasteiger partial charge in [0.1, 0.15) is 11.6 Å². The Morgan fingerprint density at radius 2 is 1.79 bits per heavy atom. The molecule has 29 heavy (non-hydrogen) atoms. The van der Waals surface area contributed by atoms with Crippen LogP contribution in [0, 0.1) is 5.82 Å². The number of hydrazone groups is 1. The van der Waals surface area contributed by atoms with E-state index in [1.54, 1.807) is 60.8 Å². The second-order valence-corrected chi connectivity index (χ2v) is 7.12.